The van der Waals surface area contributed by atoms with Crippen LogP contribution in [0, 0.1) is 42.4 Å². The molecule has 0 heterocycles. The van der Waals surface area contributed by atoms with Gasteiger partial charge in [0.1, 0.15) is 6.61 Å². The van der Waals surface area contributed by atoms with E-state index in [1.165, 1.54) is 12.1 Å². The minimum absolute atomic E-state index is 0.134. The normalized spacial score (nSPS) is 9.55. The summed E-state index contributed by atoms with van der Waals surface area (Å²) in [6.07, 6.45) is 1.74. The van der Waals surface area contributed by atoms with Gasteiger partial charge in [-0.2, -0.15) is 8.42 Å². The van der Waals surface area contributed by atoms with Crippen molar-refractivity contribution in [2.24, 2.45) is 0 Å². The van der Waals surface area contributed by atoms with Gasteiger partial charge in [-0.25, -0.2) is 0 Å². The molecule has 0 radical (unpaired) electrons. The third-order valence-corrected chi connectivity index (χ3v) is 3.78. The first-order chi connectivity index (χ1) is 10.6. The van der Waals surface area contributed by atoms with Crippen LogP contribution in [0.1, 0.15) is 31.7 Å². The van der Waals surface area contributed by atoms with Crippen LogP contribution in [0.3, 0.4) is 0 Å². The molecule has 1 aromatic rings. The van der Waals surface area contributed by atoms with E-state index < -0.39 is 10.1 Å². The van der Waals surface area contributed by atoms with Crippen molar-refractivity contribution in [2.45, 2.75) is 38.0 Å². The molecule has 0 amide bonds. The summed E-state index contributed by atoms with van der Waals surface area (Å²) in [5.41, 5.74) is 0.987. The number of hydrogen-bond donors (Lipinski definition) is 0. The second kappa shape index (κ2) is 9.69. The third kappa shape index (κ3) is 7.00. The molecular weight excluding hydrogens is 296 g/mol. The number of benzene rings is 1. The minimum Gasteiger partial charge on any atom is -0.253 e. The predicted octanol–water partition coefficient (Wildman–Crippen LogP) is 2.90. The van der Waals surface area contributed by atoms with Crippen LogP contribution >= 0.6 is 0 Å². The molecule has 3 nitrogen and oxygen atoms in total. The molecule has 1 rings (SSSR count). The Bertz CT molecular complexity index is 755. The zero-order valence-corrected chi connectivity index (χ0v) is 13.6. The highest BCUT2D eigenvalue weighted by molar-refractivity contribution is 7.86. The lowest BCUT2D eigenvalue weighted by Gasteiger charge is -2.02. The van der Waals surface area contributed by atoms with Crippen LogP contribution in [-0.4, -0.2) is 15.0 Å². The second-order valence-electron chi connectivity index (χ2n) is 4.30. The molecule has 0 aromatic heterocycles. The average molecular weight is 314 g/mol. The van der Waals surface area contributed by atoms with Crippen molar-refractivity contribution in [1.29, 1.82) is 0 Å². The van der Waals surface area contributed by atoms with E-state index in [9.17, 15) is 8.42 Å². The van der Waals surface area contributed by atoms with Crippen LogP contribution in [0.25, 0.3) is 0 Å². The summed E-state index contributed by atoms with van der Waals surface area (Å²) in [6, 6.07) is 6.47. The average Bonchev–Trinajstić information content (AvgIpc) is 2.49. The summed E-state index contributed by atoms with van der Waals surface area (Å²) >= 11 is 0. The van der Waals surface area contributed by atoms with Crippen molar-refractivity contribution in [3.05, 3.63) is 29.8 Å². The lowest BCUT2D eigenvalue weighted by Crippen LogP contribution is -2.06. The predicted molar refractivity (Wildman–Crippen MR) is 87.2 cm³/mol. The van der Waals surface area contributed by atoms with Crippen LogP contribution in [0.5, 0.6) is 0 Å². The third-order valence-electron chi connectivity index (χ3n) is 2.50. The highest BCUT2D eigenvalue weighted by atomic mass is 32.2. The van der Waals surface area contributed by atoms with Crippen molar-refractivity contribution in [3.63, 3.8) is 0 Å². The Labute approximate surface area is 133 Å². The van der Waals surface area contributed by atoms with Crippen LogP contribution in [0.2, 0.25) is 0 Å². The van der Waals surface area contributed by atoms with Crippen LogP contribution < -0.4 is 0 Å². The molecule has 0 aliphatic heterocycles. The Morgan fingerprint density at radius 2 is 1.45 bits per heavy atom. The first-order valence-corrected chi connectivity index (χ1v) is 8.30. The van der Waals surface area contributed by atoms with Gasteiger partial charge in [-0.1, -0.05) is 54.2 Å². The van der Waals surface area contributed by atoms with Gasteiger partial charge in [-0.05, 0) is 19.1 Å². The Hall–Kier alpha value is -2.19. The number of aryl methyl sites for hydroxylation is 1. The standard InChI is InChI=1S/C18H18O3S/c1-3-4-5-6-7-8-9-10-11-16-21-22(19,20)18-14-12-17(2)13-15-18/h12-15H,3,6,9,16H2,1-2H3. The molecule has 0 aliphatic carbocycles. The van der Waals surface area contributed by atoms with E-state index in [1.807, 2.05) is 13.8 Å². The fourth-order valence-corrected chi connectivity index (χ4v) is 2.21. The highest BCUT2D eigenvalue weighted by Gasteiger charge is 2.13. The van der Waals surface area contributed by atoms with E-state index in [1.54, 1.807) is 12.1 Å². The van der Waals surface area contributed by atoms with Crippen LogP contribution in [-0.2, 0) is 14.3 Å². The molecule has 0 bridgehead atoms. The summed E-state index contributed by atoms with van der Waals surface area (Å²) in [6.45, 7) is 3.70. The Morgan fingerprint density at radius 1 is 0.909 bits per heavy atom. The summed E-state index contributed by atoms with van der Waals surface area (Å²) < 4.78 is 28.5. The maximum Gasteiger partial charge on any atom is 0.297 e. The van der Waals surface area contributed by atoms with E-state index in [4.69, 9.17) is 4.18 Å². The maximum absolute atomic E-state index is 11.8. The highest BCUT2D eigenvalue weighted by Crippen LogP contribution is 2.12. The lowest BCUT2D eigenvalue weighted by molar-refractivity contribution is 0.363. The van der Waals surface area contributed by atoms with Crippen LogP contribution in [0.15, 0.2) is 29.2 Å². The van der Waals surface area contributed by atoms with Gasteiger partial charge in [0.15, 0.2) is 0 Å². The summed E-state index contributed by atoms with van der Waals surface area (Å²) in [5, 5.41) is 0. The minimum atomic E-state index is -3.74. The van der Waals surface area contributed by atoms with Gasteiger partial charge in [0.2, 0.25) is 0 Å². The topological polar surface area (TPSA) is 43.4 Å². The first kappa shape index (κ1) is 17.9. The zero-order valence-electron chi connectivity index (χ0n) is 12.8. The Morgan fingerprint density at radius 3 is 2.05 bits per heavy atom. The molecule has 0 aliphatic rings. The molecular formula is C18H18O3S. The summed E-state index contributed by atoms with van der Waals surface area (Å²) in [5.74, 6) is 16.9. The van der Waals surface area contributed by atoms with E-state index in [2.05, 4.69) is 35.5 Å². The Kier molecular flexibility index (Phi) is 7.87. The maximum atomic E-state index is 11.8. The number of rotatable bonds is 3. The molecule has 0 spiro atoms. The molecule has 0 atom stereocenters. The molecule has 1 aromatic carbocycles. The van der Waals surface area contributed by atoms with Gasteiger partial charge in [0.05, 0.1) is 17.7 Å². The lowest BCUT2D eigenvalue weighted by atomic mass is 10.2. The van der Waals surface area contributed by atoms with Crippen molar-refractivity contribution < 1.29 is 12.6 Å². The van der Waals surface area contributed by atoms with Gasteiger partial charge in [0.25, 0.3) is 10.1 Å². The SMILES string of the molecule is CCC#CCC#CCC#CCOS(=O)(=O)c1ccc(C)cc1. The van der Waals surface area contributed by atoms with Crippen molar-refractivity contribution in [2.75, 3.05) is 6.61 Å². The molecule has 0 unspecified atom stereocenters. The van der Waals surface area contributed by atoms with Gasteiger partial charge in [-0.15, -0.1) is 5.92 Å². The zero-order chi connectivity index (χ0) is 16.3. The fraction of sp³-hybridized carbons (Fsp3) is 0.333. The summed E-state index contributed by atoms with van der Waals surface area (Å²) in [4.78, 5) is 0.134. The molecule has 0 fully saturated rings. The van der Waals surface area contributed by atoms with E-state index >= 15 is 0 Å². The molecule has 0 saturated heterocycles. The van der Waals surface area contributed by atoms with Gasteiger partial charge >= 0.3 is 0 Å². The molecule has 0 saturated carbocycles. The smallest absolute Gasteiger partial charge is 0.253 e. The largest absolute Gasteiger partial charge is 0.297 e. The molecule has 0 N–H and O–H groups in total. The Balaban J connectivity index is 2.41. The fourth-order valence-electron chi connectivity index (χ4n) is 1.39. The van der Waals surface area contributed by atoms with E-state index in [0.717, 1.165) is 12.0 Å². The van der Waals surface area contributed by atoms with Gasteiger partial charge in [0, 0.05) is 6.42 Å². The van der Waals surface area contributed by atoms with Crippen molar-refractivity contribution in [1.82, 2.24) is 0 Å². The van der Waals surface area contributed by atoms with Crippen molar-refractivity contribution in [3.8, 4) is 35.5 Å². The monoisotopic (exact) mass is 314 g/mol. The second-order valence-corrected chi connectivity index (χ2v) is 5.91. The van der Waals surface area contributed by atoms with E-state index in [0.29, 0.717) is 12.8 Å². The van der Waals surface area contributed by atoms with Gasteiger partial charge in [-0.3, -0.25) is 4.18 Å². The van der Waals surface area contributed by atoms with Crippen molar-refractivity contribution >= 4 is 10.1 Å². The quantitative estimate of drug-likeness (QED) is 0.636. The van der Waals surface area contributed by atoms with Gasteiger partial charge < -0.3 is 0 Å². The molecule has 22 heavy (non-hydrogen) atoms. The number of hydrogen-bond acceptors (Lipinski definition) is 3. The summed E-state index contributed by atoms with van der Waals surface area (Å²) in [7, 11) is -3.74. The first-order valence-electron chi connectivity index (χ1n) is 6.89. The van der Waals surface area contributed by atoms with Crippen LogP contribution in [0.4, 0.5) is 0 Å². The molecule has 4 heteroatoms. The molecule has 114 valence electrons. The van der Waals surface area contributed by atoms with E-state index in [-0.39, 0.29) is 11.5 Å².